The van der Waals surface area contributed by atoms with Crippen LogP contribution in [0.5, 0.6) is 0 Å². The molecule has 2 N–H and O–H groups in total. The summed E-state index contributed by atoms with van der Waals surface area (Å²) >= 11 is 1.96. The molecule has 0 aliphatic carbocycles. The first kappa shape index (κ1) is 14.3. The van der Waals surface area contributed by atoms with Crippen LogP contribution in [0.25, 0.3) is 0 Å². The molecule has 1 aliphatic heterocycles. The molecule has 6 heteroatoms. The van der Waals surface area contributed by atoms with Crippen molar-refractivity contribution in [3.8, 4) is 0 Å². The van der Waals surface area contributed by atoms with Gasteiger partial charge in [0.1, 0.15) is 6.04 Å². The molecule has 2 unspecified atom stereocenters. The Balaban J connectivity index is 2.27. The third-order valence-corrected chi connectivity index (χ3v) is 4.01. The smallest absolute Gasteiger partial charge is 0.329 e. The molecule has 1 rings (SSSR count). The molecule has 0 aromatic heterocycles. The van der Waals surface area contributed by atoms with Gasteiger partial charge in [0.15, 0.2) is 0 Å². The van der Waals surface area contributed by atoms with Crippen LogP contribution in [-0.4, -0.2) is 49.1 Å². The molecule has 0 aromatic carbocycles. The fourth-order valence-corrected chi connectivity index (χ4v) is 3.01. The van der Waals surface area contributed by atoms with E-state index in [0.29, 0.717) is 11.8 Å². The number of thioether (sulfide) groups is 1. The number of hydrogen-bond acceptors (Lipinski definition) is 5. The van der Waals surface area contributed by atoms with E-state index in [1.54, 1.807) is 0 Å². The minimum absolute atomic E-state index is 0.225. The molecular formula is C11H20N2O3S. The van der Waals surface area contributed by atoms with Gasteiger partial charge in [0.05, 0.1) is 7.11 Å². The number of hydrogen-bond donors (Lipinski definition) is 2. The van der Waals surface area contributed by atoms with Gasteiger partial charge < -0.3 is 15.4 Å². The third-order valence-electron chi connectivity index (χ3n) is 2.61. The molecule has 0 spiro atoms. The standard InChI is InChI=1S/C11H20N2O3S/c1-8(14)13-10(11(15)16-2)7-12-6-9-4-3-5-17-9/h9-10,12H,3-7H2,1-2H3,(H,13,14). The average Bonchev–Trinajstić information content (AvgIpc) is 2.79. The van der Waals surface area contributed by atoms with Crippen molar-refractivity contribution in [1.29, 1.82) is 0 Å². The van der Waals surface area contributed by atoms with Crippen LogP contribution in [0.3, 0.4) is 0 Å². The molecule has 1 heterocycles. The Hall–Kier alpha value is -0.750. The summed E-state index contributed by atoms with van der Waals surface area (Å²) in [5.74, 6) is 0.586. The van der Waals surface area contributed by atoms with Crippen LogP contribution in [-0.2, 0) is 14.3 Å². The van der Waals surface area contributed by atoms with Gasteiger partial charge in [-0.15, -0.1) is 0 Å². The average molecular weight is 260 g/mol. The number of carbonyl (C=O) groups is 2. The highest BCUT2D eigenvalue weighted by Gasteiger charge is 2.21. The number of esters is 1. The van der Waals surface area contributed by atoms with Gasteiger partial charge in [-0.1, -0.05) is 0 Å². The van der Waals surface area contributed by atoms with Crippen LogP contribution in [0.4, 0.5) is 0 Å². The van der Waals surface area contributed by atoms with Crippen molar-refractivity contribution in [3.05, 3.63) is 0 Å². The van der Waals surface area contributed by atoms with E-state index in [0.717, 1.165) is 6.54 Å². The maximum Gasteiger partial charge on any atom is 0.329 e. The van der Waals surface area contributed by atoms with Crippen LogP contribution < -0.4 is 10.6 Å². The first-order chi connectivity index (χ1) is 8.13. The number of amides is 1. The van der Waals surface area contributed by atoms with Crippen molar-refractivity contribution in [3.63, 3.8) is 0 Å². The Morgan fingerprint density at radius 2 is 2.29 bits per heavy atom. The van der Waals surface area contributed by atoms with Gasteiger partial charge in [0, 0.05) is 25.3 Å². The first-order valence-corrected chi connectivity index (χ1v) is 6.85. The predicted molar refractivity (Wildman–Crippen MR) is 68.0 cm³/mol. The number of nitrogens with one attached hydrogen (secondary N) is 2. The van der Waals surface area contributed by atoms with Gasteiger partial charge in [0.25, 0.3) is 0 Å². The van der Waals surface area contributed by atoms with E-state index in [9.17, 15) is 9.59 Å². The normalized spacial score (nSPS) is 20.9. The Morgan fingerprint density at radius 3 is 2.82 bits per heavy atom. The van der Waals surface area contributed by atoms with Crippen LogP contribution in [0.15, 0.2) is 0 Å². The van der Waals surface area contributed by atoms with Gasteiger partial charge in [0.2, 0.25) is 5.91 Å². The topological polar surface area (TPSA) is 67.4 Å². The lowest BCUT2D eigenvalue weighted by molar-refractivity contribution is -0.144. The molecule has 1 saturated heterocycles. The molecule has 1 aliphatic rings. The van der Waals surface area contributed by atoms with Crippen LogP contribution in [0.2, 0.25) is 0 Å². The Bertz CT molecular complexity index is 267. The number of rotatable bonds is 6. The Kier molecular flexibility index (Phi) is 6.36. The van der Waals surface area contributed by atoms with Crippen molar-refractivity contribution in [2.24, 2.45) is 0 Å². The highest BCUT2D eigenvalue weighted by molar-refractivity contribution is 8.00. The summed E-state index contributed by atoms with van der Waals surface area (Å²) in [6, 6.07) is -0.594. The molecular weight excluding hydrogens is 240 g/mol. The van der Waals surface area contributed by atoms with E-state index in [1.807, 2.05) is 11.8 Å². The molecule has 0 radical (unpaired) electrons. The van der Waals surface area contributed by atoms with Crippen LogP contribution in [0, 0.1) is 0 Å². The summed E-state index contributed by atoms with van der Waals surface area (Å²) in [6.07, 6.45) is 2.49. The van der Waals surface area contributed by atoms with E-state index in [2.05, 4.69) is 15.4 Å². The van der Waals surface area contributed by atoms with E-state index in [4.69, 9.17) is 0 Å². The summed E-state index contributed by atoms with van der Waals surface area (Å²) in [6.45, 7) is 2.68. The maximum atomic E-state index is 11.4. The fourth-order valence-electron chi connectivity index (χ4n) is 1.77. The fraction of sp³-hybridized carbons (Fsp3) is 0.818. The molecule has 0 aromatic rings. The minimum atomic E-state index is -0.594. The zero-order valence-corrected chi connectivity index (χ0v) is 11.1. The largest absolute Gasteiger partial charge is 0.467 e. The number of methoxy groups -OCH3 is 1. The molecule has 17 heavy (non-hydrogen) atoms. The summed E-state index contributed by atoms with van der Waals surface area (Å²) in [4.78, 5) is 22.3. The molecule has 1 fully saturated rings. The lowest BCUT2D eigenvalue weighted by Crippen LogP contribution is -2.47. The number of carbonyl (C=O) groups excluding carboxylic acids is 2. The van der Waals surface area contributed by atoms with Gasteiger partial charge in [-0.2, -0.15) is 11.8 Å². The van der Waals surface area contributed by atoms with E-state index in [1.165, 1.54) is 32.6 Å². The van der Waals surface area contributed by atoms with Gasteiger partial charge in [-0.05, 0) is 18.6 Å². The Morgan fingerprint density at radius 1 is 1.53 bits per heavy atom. The molecule has 5 nitrogen and oxygen atoms in total. The van der Waals surface area contributed by atoms with Gasteiger partial charge >= 0.3 is 5.97 Å². The maximum absolute atomic E-state index is 11.4. The minimum Gasteiger partial charge on any atom is -0.467 e. The van der Waals surface area contributed by atoms with E-state index in [-0.39, 0.29) is 5.91 Å². The van der Waals surface area contributed by atoms with Crippen molar-refractivity contribution in [2.75, 3.05) is 26.0 Å². The first-order valence-electron chi connectivity index (χ1n) is 5.80. The van der Waals surface area contributed by atoms with E-state index >= 15 is 0 Å². The zero-order chi connectivity index (χ0) is 12.7. The third kappa shape index (κ3) is 5.41. The molecule has 98 valence electrons. The Labute approximate surface area is 106 Å². The second kappa shape index (κ2) is 7.55. The second-order valence-electron chi connectivity index (χ2n) is 4.07. The SMILES string of the molecule is COC(=O)C(CNCC1CCCS1)NC(C)=O. The highest BCUT2D eigenvalue weighted by atomic mass is 32.2. The van der Waals surface area contributed by atoms with Crippen LogP contribution >= 0.6 is 11.8 Å². The monoisotopic (exact) mass is 260 g/mol. The summed E-state index contributed by atoms with van der Waals surface area (Å²) in [7, 11) is 1.32. The van der Waals surface area contributed by atoms with Crippen LogP contribution in [0.1, 0.15) is 19.8 Å². The van der Waals surface area contributed by atoms with Crippen molar-refractivity contribution in [2.45, 2.75) is 31.1 Å². The quantitative estimate of drug-likeness (QED) is 0.665. The predicted octanol–water partition coefficient (Wildman–Crippen LogP) is 0.149. The van der Waals surface area contributed by atoms with E-state index < -0.39 is 12.0 Å². The zero-order valence-electron chi connectivity index (χ0n) is 10.3. The summed E-state index contributed by atoms with van der Waals surface area (Å²) < 4.78 is 4.64. The van der Waals surface area contributed by atoms with Crippen molar-refractivity contribution in [1.82, 2.24) is 10.6 Å². The lowest BCUT2D eigenvalue weighted by atomic mass is 10.2. The summed E-state index contributed by atoms with van der Waals surface area (Å²) in [5.41, 5.74) is 0. The molecule has 0 saturated carbocycles. The summed E-state index contributed by atoms with van der Waals surface area (Å²) in [5, 5.41) is 6.42. The molecule has 1 amide bonds. The highest BCUT2D eigenvalue weighted by Crippen LogP contribution is 2.25. The van der Waals surface area contributed by atoms with Gasteiger partial charge in [-0.3, -0.25) is 4.79 Å². The second-order valence-corrected chi connectivity index (χ2v) is 5.48. The van der Waals surface area contributed by atoms with Gasteiger partial charge in [-0.25, -0.2) is 4.79 Å². The van der Waals surface area contributed by atoms with Crippen molar-refractivity contribution < 1.29 is 14.3 Å². The van der Waals surface area contributed by atoms with Crippen molar-refractivity contribution >= 4 is 23.6 Å². The molecule has 0 bridgehead atoms. The number of ether oxygens (including phenoxy) is 1. The lowest BCUT2D eigenvalue weighted by Gasteiger charge is -2.17. The molecule has 2 atom stereocenters.